The number of aliphatic hydroxyl groups is 1. The van der Waals surface area contributed by atoms with Crippen molar-refractivity contribution in [3.05, 3.63) is 22.4 Å². The normalized spacial score (nSPS) is 17.6. The van der Waals surface area contributed by atoms with Gasteiger partial charge in [-0.15, -0.1) is 23.1 Å². The largest absolute Gasteiger partial charge is 0.388 e. The number of rotatable bonds is 6. The molecular formula is C14H21NO2S2. The first-order valence-electron chi connectivity index (χ1n) is 6.66. The van der Waals surface area contributed by atoms with Crippen LogP contribution in [0.5, 0.6) is 0 Å². The Morgan fingerprint density at radius 3 is 2.89 bits per heavy atom. The fraction of sp³-hybridized carbons (Fsp3) is 0.643. The maximum Gasteiger partial charge on any atom is 0.232 e. The average Bonchev–Trinajstić information content (AvgIpc) is 3.01. The molecule has 0 saturated heterocycles. The highest BCUT2D eigenvalue weighted by Crippen LogP contribution is 2.30. The van der Waals surface area contributed by atoms with E-state index in [-0.39, 0.29) is 5.91 Å². The van der Waals surface area contributed by atoms with Crippen LogP contribution in [0.1, 0.15) is 30.6 Å². The fourth-order valence-electron chi connectivity index (χ4n) is 2.46. The predicted molar refractivity (Wildman–Crippen MR) is 81.5 cm³/mol. The molecule has 1 aromatic rings. The van der Waals surface area contributed by atoms with E-state index >= 15 is 0 Å². The van der Waals surface area contributed by atoms with Crippen molar-refractivity contribution in [1.29, 1.82) is 0 Å². The molecule has 1 fully saturated rings. The molecule has 0 aliphatic heterocycles. The second-order valence-electron chi connectivity index (χ2n) is 5.25. The first kappa shape index (κ1) is 14.9. The molecule has 0 aromatic carbocycles. The Labute approximate surface area is 123 Å². The summed E-state index contributed by atoms with van der Waals surface area (Å²) in [5.41, 5.74) is -0.636. The highest BCUT2D eigenvalue weighted by molar-refractivity contribution is 7.99. The van der Waals surface area contributed by atoms with Gasteiger partial charge in [0.1, 0.15) is 0 Å². The van der Waals surface area contributed by atoms with Crippen molar-refractivity contribution in [2.45, 2.75) is 37.0 Å². The number of hydrogen-bond acceptors (Lipinski definition) is 4. The van der Waals surface area contributed by atoms with Crippen LogP contribution in [0.2, 0.25) is 0 Å². The molecule has 0 atom stereocenters. The van der Waals surface area contributed by atoms with Crippen molar-refractivity contribution < 1.29 is 9.90 Å². The quantitative estimate of drug-likeness (QED) is 0.878. The molecule has 0 bridgehead atoms. The Morgan fingerprint density at radius 1 is 1.53 bits per heavy atom. The first-order valence-corrected chi connectivity index (χ1v) is 8.69. The second-order valence-corrected chi connectivity index (χ2v) is 7.27. The van der Waals surface area contributed by atoms with Gasteiger partial charge in [-0.2, -0.15) is 0 Å². The molecule has 19 heavy (non-hydrogen) atoms. The number of nitrogens with zero attached hydrogens (tertiary/aromatic N) is 1. The van der Waals surface area contributed by atoms with Crippen molar-refractivity contribution in [3.63, 3.8) is 0 Å². The highest BCUT2D eigenvalue weighted by Gasteiger charge is 2.33. The molecule has 0 radical (unpaired) electrons. The summed E-state index contributed by atoms with van der Waals surface area (Å²) < 4.78 is 0. The summed E-state index contributed by atoms with van der Waals surface area (Å²) >= 11 is 3.36. The van der Waals surface area contributed by atoms with E-state index in [0.717, 1.165) is 31.4 Å². The van der Waals surface area contributed by atoms with Crippen molar-refractivity contribution in [2.24, 2.45) is 0 Å². The zero-order chi connectivity index (χ0) is 13.7. The van der Waals surface area contributed by atoms with E-state index in [1.54, 1.807) is 35.0 Å². The summed E-state index contributed by atoms with van der Waals surface area (Å²) in [5.74, 6) is 1.49. The lowest BCUT2D eigenvalue weighted by Crippen LogP contribution is -2.42. The monoisotopic (exact) mass is 299 g/mol. The third-order valence-corrected chi connectivity index (χ3v) is 5.57. The molecule has 1 saturated carbocycles. The molecule has 1 N–H and O–H groups in total. The highest BCUT2D eigenvalue weighted by atomic mass is 32.2. The fourth-order valence-corrected chi connectivity index (χ4v) is 4.27. The minimum absolute atomic E-state index is 0.113. The summed E-state index contributed by atoms with van der Waals surface area (Å²) in [4.78, 5) is 15.0. The standard InChI is InChI=1S/C14H21NO2S2/c1-15(11-14(17)6-2-3-7-14)13(16)10-18-9-12-5-4-8-19-12/h4-5,8,17H,2-3,6-7,9-11H2,1H3. The van der Waals surface area contributed by atoms with Gasteiger partial charge >= 0.3 is 0 Å². The molecule has 1 aliphatic carbocycles. The lowest BCUT2D eigenvalue weighted by Gasteiger charge is -2.28. The van der Waals surface area contributed by atoms with Crippen LogP contribution in [-0.4, -0.2) is 40.9 Å². The Kier molecular flexibility index (Phi) is 5.30. The molecule has 1 aliphatic rings. The van der Waals surface area contributed by atoms with Gasteiger partial charge in [0.25, 0.3) is 0 Å². The molecule has 2 rings (SSSR count). The Balaban J connectivity index is 1.70. The van der Waals surface area contributed by atoms with Crippen LogP contribution >= 0.6 is 23.1 Å². The first-order chi connectivity index (χ1) is 9.09. The number of amides is 1. The Bertz CT molecular complexity index is 400. The van der Waals surface area contributed by atoms with Gasteiger partial charge in [0, 0.05) is 24.2 Å². The van der Waals surface area contributed by atoms with Crippen molar-refractivity contribution >= 4 is 29.0 Å². The van der Waals surface area contributed by atoms with Crippen LogP contribution in [0.25, 0.3) is 0 Å². The van der Waals surface area contributed by atoms with Crippen molar-refractivity contribution in [2.75, 3.05) is 19.3 Å². The molecule has 5 heteroatoms. The third-order valence-electron chi connectivity index (χ3n) is 3.54. The van der Waals surface area contributed by atoms with E-state index in [0.29, 0.717) is 12.3 Å². The van der Waals surface area contributed by atoms with Gasteiger partial charge in [0.05, 0.1) is 11.4 Å². The van der Waals surface area contributed by atoms with Gasteiger partial charge < -0.3 is 10.0 Å². The smallest absolute Gasteiger partial charge is 0.232 e. The van der Waals surface area contributed by atoms with E-state index in [4.69, 9.17) is 0 Å². The molecule has 1 amide bonds. The van der Waals surface area contributed by atoms with Gasteiger partial charge in [-0.1, -0.05) is 18.9 Å². The number of hydrogen-bond donors (Lipinski definition) is 1. The number of carbonyl (C=O) groups is 1. The molecule has 0 spiro atoms. The number of carbonyl (C=O) groups excluding carboxylic acids is 1. The van der Waals surface area contributed by atoms with Gasteiger partial charge in [-0.05, 0) is 24.3 Å². The lowest BCUT2D eigenvalue weighted by molar-refractivity contribution is -0.130. The van der Waals surface area contributed by atoms with Gasteiger partial charge in [0.2, 0.25) is 5.91 Å². The predicted octanol–water partition coefficient (Wildman–Crippen LogP) is 2.74. The summed E-state index contributed by atoms with van der Waals surface area (Å²) in [7, 11) is 1.80. The van der Waals surface area contributed by atoms with Gasteiger partial charge in [0.15, 0.2) is 0 Å². The van der Waals surface area contributed by atoms with E-state index in [9.17, 15) is 9.90 Å². The SMILES string of the molecule is CN(CC1(O)CCCC1)C(=O)CSCc1cccs1. The molecule has 1 aromatic heterocycles. The summed E-state index contributed by atoms with van der Waals surface area (Å²) in [6, 6.07) is 4.12. The zero-order valence-corrected chi connectivity index (χ0v) is 12.9. The number of thioether (sulfide) groups is 1. The van der Waals surface area contributed by atoms with Crippen LogP contribution in [0, 0.1) is 0 Å². The molecule has 0 unspecified atom stereocenters. The zero-order valence-electron chi connectivity index (χ0n) is 11.3. The minimum atomic E-state index is -0.636. The van der Waals surface area contributed by atoms with Crippen LogP contribution in [0.4, 0.5) is 0 Å². The Hall–Kier alpha value is -0.520. The van der Waals surface area contributed by atoms with Crippen LogP contribution in [-0.2, 0) is 10.5 Å². The maximum absolute atomic E-state index is 12.0. The molecule has 3 nitrogen and oxygen atoms in total. The summed E-state index contributed by atoms with van der Waals surface area (Å²) in [6.45, 7) is 0.478. The van der Waals surface area contributed by atoms with E-state index in [1.807, 2.05) is 6.07 Å². The van der Waals surface area contributed by atoms with Crippen molar-refractivity contribution in [1.82, 2.24) is 4.90 Å². The van der Waals surface area contributed by atoms with Crippen molar-refractivity contribution in [3.8, 4) is 0 Å². The summed E-state index contributed by atoms with van der Waals surface area (Å²) in [5, 5.41) is 12.3. The number of thiophene rings is 1. The summed E-state index contributed by atoms with van der Waals surface area (Å²) in [6.07, 6.45) is 3.80. The van der Waals surface area contributed by atoms with Crippen LogP contribution in [0.15, 0.2) is 17.5 Å². The Morgan fingerprint density at radius 2 is 2.26 bits per heavy atom. The third kappa shape index (κ3) is 4.51. The molecule has 106 valence electrons. The lowest BCUT2D eigenvalue weighted by atomic mass is 10.0. The topological polar surface area (TPSA) is 40.5 Å². The minimum Gasteiger partial charge on any atom is -0.388 e. The molecular weight excluding hydrogens is 278 g/mol. The van der Waals surface area contributed by atoms with E-state index < -0.39 is 5.60 Å². The van der Waals surface area contributed by atoms with Crippen LogP contribution in [0.3, 0.4) is 0 Å². The van der Waals surface area contributed by atoms with E-state index in [1.165, 1.54) is 4.88 Å². The van der Waals surface area contributed by atoms with Gasteiger partial charge in [-0.3, -0.25) is 4.79 Å². The van der Waals surface area contributed by atoms with Crippen LogP contribution < -0.4 is 0 Å². The molecule has 1 heterocycles. The van der Waals surface area contributed by atoms with E-state index in [2.05, 4.69) is 11.4 Å². The average molecular weight is 299 g/mol. The number of likely N-dealkylation sites (N-methyl/N-ethyl adjacent to an activating group) is 1. The van der Waals surface area contributed by atoms with Gasteiger partial charge in [-0.25, -0.2) is 0 Å². The maximum atomic E-state index is 12.0. The second kappa shape index (κ2) is 6.77.